The Morgan fingerprint density at radius 3 is 2.89 bits per heavy atom. The Hall–Kier alpha value is -0.766. The second-order valence-electron chi connectivity index (χ2n) is 3.93. The van der Waals surface area contributed by atoms with E-state index in [1.165, 1.54) is 0 Å². The standard InChI is InChI=1S/C14H15N2O.Y/c15-9-3-6-14(17)16-13-8-7-11-4-1-2-5-12(11)10-13;/h2,4-5,7-8,10H,3,6,9,15H2,(H,16,17);/q-1;. The summed E-state index contributed by atoms with van der Waals surface area (Å²) in [5.41, 5.74) is 6.19. The molecule has 0 aliphatic carbocycles. The molecule has 0 aliphatic rings. The normalized spacial score (nSPS) is 9.83. The fraction of sp³-hybridized carbons (Fsp3) is 0.214. The summed E-state index contributed by atoms with van der Waals surface area (Å²) in [5, 5.41) is 5.08. The maximum absolute atomic E-state index is 11.5. The van der Waals surface area contributed by atoms with Gasteiger partial charge in [0, 0.05) is 44.8 Å². The van der Waals surface area contributed by atoms with Gasteiger partial charge in [-0.15, -0.1) is 16.8 Å². The van der Waals surface area contributed by atoms with Crippen molar-refractivity contribution >= 4 is 22.4 Å². The predicted octanol–water partition coefficient (Wildman–Crippen LogP) is 2.31. The SMILES string of the molecule is NCCCC(=O)Nc1ccc2c[c-]ccc2c1.[Y]. The number of nitrogens with two attached hydrogens (primary N) is 1. The molecule has 0 fully saturated rings. The van der Waals surface area contributed by atoms with Crippen molar-refractivity contribution in [2.75, 3.05) is 11.9 Å². The van der Waals surface area contributed by atoms with Gasteiger partial charge in [-0.25, -0.2) is 0 Å². The van der Waals surface area contributed by atoms with Gasteiger partial charge in [0.1, 0.15) is 0 Å². The Morgan fingerprint density at radius 1 is 1.28 bits per heavy atom. The van der Waals surface area contributed by atoms with Gasteiger partial charge in [0.2, 0.25) is 5.91 Å². The summed E-state index contributed by atoms with van der Waals surface area (Å²) in [7, 11) is 0. The van der Waals surface area contributed by atoms with E-state index in [4.69, 9.17) is 5.73 Å². The number of rotatable bonds is 4. The maximum Gasteiger partial charge on any atom is 0.224 e. The van der Waals surface area contributed by atoms with Crippen molar-refractivity contribution in [3.63, 3.8) is 0 Å². The number of carbonyl (C=O) groups excluding carboxylic acids is 1. The summed E-state index contributed by atoms with van der Waals surface area (Å²) in [5.74, 6) is 0.0114. The van der Waals surface area contributed by atoms with Crippen LogP contribution in [0.2, 0.25) is 0 Å². The van der Waals surface area contributed by atoms with E-state index in [2.05, 4.69) is 11.4 Å². The molecule has 2 aromatic rings. The van der Waals surface area contributed by atoms with Gasteiger partial charge in [-0.2, -0.15) is 24.3 Å². The van der Waals surface area contributed by atoms with Crippen LogP contribution in [0.3, 0.4) is 0 Å². The summed E-state index contributed by atoms with van der Waals surface area (Å²) in [6, 6.07) is 14.6. The zero-order valence-electron chi connectivity index (χ0n) is 10.1. The molecule has 0 aliphatic heterocycles. The van der Waals surface area contributed by atoms with Crippen LogP contribution < -0.4 is 11.1 Å². The van der Waals surface area contributed by atoms with Crippen LogP contribution >= 0.6 is 0 Å². The molecular weight excluding hydrogens is 301 g/mol. The molecule has 0 bridgehead atoms. The zero-order chi connectivity index (χ0) is 12.1. The number of nitrogens with one attached hydrogen (secondary N) is 1. The minimum Gasteiger partial charge on any atom is -0.330 e. The number of hydrogen-bond donors (Lipinski definition) is 2. The largest absolute Gasteiger partial charge is 0.330 e. The molecule has 0 aromatic heterocycles. The number of anilines is 1. The Bertz CT molecular complexity index is 528. The molecule has 0 heterocycles. The van der Waals surface area contributed by atoms with Crippen molar-refractivity contribution < 1.29 is 37.5 Å². The van der Waals surface area contributed by atoms with Gasteiger partial charge in [0.05, 0.1) is 0 Å². The topological polar surface area (TPSA) is 55.1 Å². The van der Waals surface area contributed by atoms with E-state index in [-0.39, 0.29) is 38.6 Å². The Morgan fingerprint density at radius 2 is 2.11 bits per heavy atom. The maximum atomic E-state index is 11.5. The Kier molecular flexibility index (Phi) is 6.47. The molecule has 1 amide bonds. The molecule has 0 atom stereocenters. The average Bonchev–Trinajstić information content (AvgIpc) is 2.36. The van der Waals surface area contributed by atoms with Crippen molar-refractivity contribution in [2.45, 2.75) is 12.8 Å². The summed E-state index contributed by atoms with van der Waals surface area (Å²) in [6.07, 6.45) is 1.19. The fourth-order valence-electron chi connectivity index (χ4n) is 1.69. The summed E-state index contributed by atoms with van der Waals surface area (Å²) >= 11 is 0. The van der Waals surface area contributed by atoms with Crippen LogP contribution in [0.5, 0.6) is 0 Å². The Balaban J connectivity index is 0.00000162. The van der Waals surface area contributed by atoms with Crippen LogP contribution in [-0.4, -0.2) is 12.5 Å². The van der Waals surface area contributed by atoms with Crippen molar-refractivity contribution in [3.8, 4) is 0 Å². The number of benzene rings is 2. The van der Waals surface area contributed by atoms with Crippen LogP contribution in [-0.2, 0) is 37.5 Å². The molecule has 0 saturated carbocycles. The summed E-state index contributed by atoms with van der Waals surface area (Å²) in [4.78, 5) is 11.5. The van der Waals surface area contributed by atoms with Crippen LogP contribution in [0.15, 0.2) is 36.4 Å². The van der Waals surface area contributed by atoms with Crippen molar-refractivity contribution in [1.29, 1.82) is 0 Å². The first-order valence-corrected chi connectivity index (χ1v) is 5.69. The van der Waals surface area contributed by atoms with Gasteiger partial charge in [-0.05, 0) is 13.0 Å². The minimum atomic E-state index is 0. The molecule has 3 nitrogen and oxygen atoms in total. The number of amides is 1. The molecule has 91 valence electrons. The molecular formula is C14H15N2OY-. The molecule has 1 radical (unpaired) electrons. The molecule has 0 saturated heterocycles. The van der Waals surface area contributed by atoms with Gasteiger partial charge in [0.25, 0.3) is 0 Å². The number of fused-ring (bicyclic) bond motifs is 1. The molecule has 3 N–H and O–H groups in total. The average molecular weight is 316 g/mol. The van der Waals surface area contributed by atoms with E-state index in [0.29, 0.717) is 19.4 Å². The smallest absolute Gasteiger partial charge is 0.224 e. The first kappa shape index (κ1) is 15.3. The van der Waals surface area contributed by atoms with Crippen molar-refractivity contribution in [2.24, 2.45) is 5.73 Å². The van der Waals surface area contributed by atoms with Crippen LogP contribution in [0.25, 0.3) is 10.8 Å². The number of hydrogen-bond acceptors (Lipinski definition) is 2. The summed E-state index contributed by atoms with van der Waals surface area (Å²) in [6.45, 7) is 0.543. The Labute approximate surface area is 132 Å². The third-order valence-electron chi connectivity index (χ3n) is 2.58. The third kappa shape index (κ3) is 4.16. The first-order valence-electron chi connectivity index (χ1n) is 5.69. The summed E-state index contributed by atoms with van der Waals surface area (Å²) < 4.78 is 0. The van der Waals surface area contributed by atoms with Crippen molar-refractivity contribution in [1.82, 2.24) is 0 Å². The monoisotopic (exact) mass is 316 g/mol. The third-order valence-corrected chi connectivity index (χ3v) is 2.58. The van der Waals surface area contributed by atoms with E-state index >= 15 is 0 Å². The fourth-order valence-corrected chi connectivity index (χ4v) is 1.69. The first-order chi connectivity index (χ1) is 8.29. The van der Waals surface area contributed by atoms with Gasteiger partial charge in [0.15, 0.2) is 0 Å². The molecule has 0 unspecified atom stereocenters. The van der Waals surface area contributed by atoms with E-state index in [1.54, 1.807) is 0 Å². The quantitative estimate of drug-likeness (QED) is 0.851. The molecule has 0 spiro atoms. The second-order valence-corrected chi connectivity index (χ2v) is 3.93. The van der Waals surface area contributed by atoms with E-state index in [0.717, 1.165) is 16.5 Å². The predicted molar refractivity (Wildman–Crippen MR) is 69.7 cm³/mol. The van der Waals surface area contributed by atoms with Crippen molar-refractivity contribution in [3.05, 3.63) is 42.5 Å². The molecule has 18 heavy (non-hydrogen) atoms. The van der Waals surface area contributed by atoms with E-state index in [9.17, 15) is 4.79 Å². The van der Waals surface area contributed by atoms with E-state index < -0.39 is 0 Å². The zero-order valence-corrected chi connectivity index (χ0v) is 13.0. The minimum absolute atomic E-state index is 0. The number of carbonyl (C=O) groups is 1. The van der Waals surface area contributed by atoms with Gasteiger partial charge in [-0.1, -0.05) is 12.1 Å². The van der Waals surface area contributed by atoms with Gasteiger partial charge < -0.3 is 11.1 Å². The molecule has 2 rings (SSSR count). The molecule has 4 heteroatoms. The van der Waals surface area contributed by atoms with Gasteiger partial charge >= 0.3 is 0 Å². The van der Waals surface area contributed by atoms with Crippen LogP contribution in [0.1, 0.15) is 12.8 Å². The van der Waals surface area contributed by atoms with Gasteiger partial charge in [-0.3, -0.25) is 4.79 Å². The molecule has 2 aromatic carbocycles. The van der Waals surface area contributed by atoms with E-state index in [1.807, 2.05) is 36.4 Å². The van der Waals surface area contributed by atoms with Crippen LogP contribution in [0, 0.1) is 6.07 Å². The second kappa shape index (κ2) is 7.62. The van der Waals surface area contributed by atoms with Crippen LogP contribution in [0.4, 0.5) is 5.69 Å².